The van der Waals surface area contributed by atoms with Gasteiger partial charge >= 0.3 is 0 Å². The molecular formula is C18H13NO. The Morgan fingerprint density at radius 2 is 1.70 bits per heavy atom. The number of hydrogen-bond acceptors (Lipinski definition) is 1. The minimum Gasteiger partial charge on any atom is -0.366 e. The topological polar surface area (TPSA) is 43.1 Å². The first-order chi connectivity index (χ1) is 9.75. The zero-order chi connectivity index (χ0) is 13.7. The first-order valence-corrected chi connectivity index (χ1v) is 6.69. The molecule has 1 amide bonds. The predicted molar refractivity (Wildman–Crippen MR) is 80.9 cm³/mol. The van der Waals surface area contributed by atoms with Gasteiger partial charge in [-0.2, -0.15) is 0 Å². The van der Waals surface area contributed by atoms with Crippen LogP contribution in [0.2, 0.25) is 0 Å². The Morgan fingerprint density at radius 1 is 0.900 bits per heavy atom. The SMILES string of the molecule is NC(=O)C1=CC=c2c1ccc1c2=CCc2ccccc2-1. The fourth-order valence-corrected chi connectivity index (χ4v) is 3.15. The van der Waals surface area contributed by atoms with E-state index in [2.05, 4.69) is 36.4 Å². The van der Waals surface area contributed by atoms with Crippen LogP contribution in [-0.4, -0.2) is 5.91 Å². The van der Waals surface area contributed by atoms with E-state index in [9.17, 15) is 4.79 Å². The molecule has 2 aromatic carbocycles. The monoisotopic (exact) mass is 259 g/mol. The molecule has 0 fully saturated rings. The summed E-state index contributed by atoms with van der Waals surface area (Å²) in [5.41, 5.74) is 10.9. The Balaban J connectivity index is 2.02. The normalized spacial score (nSPS) is 14.3. The van der Waals surface area contributed by atoms with Gasteiger partial charge in [0.15, 0.2) is 0 Å². The second-order valence-corrected chi connectivity index (χ2v) is 5.16. The van der Waals surface area contributed by atoms with E-state index in [-0.39, 0.29) is 5.91 Å². The lowest BCUT2D eigenvalue weighted by Crippen LogP contribution is -2.31. The van der Waals surface area contributed by atoms with Crippen LogP contribution in [0.15, 0.2) is 42.5 Å². The fourth-order valence-electron chi connectivity index (χ4n) is 3.15. The van der Waals surface area contributed by atoms with Crippen molar-refractivity contribution in [1.82, 2.24) is 0 Å². The maximum Gasteiger partial charge on any atom is 0.249 e. The molecule has 0 aliphatic heterocycles. The first kappa shape index (κ1) is 11.2. The lowest BCUT2D eigenvalue weighted by molar-refractivity contribution is -0.112. The van der Waals surface area contributed by atoms with Crippen molar-refractivity contribution in [1.29, 1.82) is 0 Å². The molecule has 0 saturated carbocycles. The highest BCUT2D eigenvalue weighted by molar-refractivity contribution is 6.21. The van der Waals surface area contributed by atoms with Gasteiger partial charge in [0.1, 0.15) is 0 Å². The molecule has 0 saturated heterocycles. The van der Waals surface area contributed by atoms with Crippen LogP contribution in [0.5, 0.6) is 0 Å². The molecule has 2 N–H and O–H groups in total. The number of carbonyl (C=O) groups excluding carboxylic acids is 1. The molecule has 0 atom stereocenters. The van der Waals surface area contributed by atoms with Gasteiger partial charge in [-0.15, -0.1) is 0 Å². The Kier molecular flexibility index (Phi) is 2.21. The lowest BCUT2D eigenvalue weighted by atomic mass is 9.89. The highest BCUT2D eigenvalue weighted by Crippen LogP contribution is 2.25. The maximum absolute atomic E-state index is 11.5. The van der Waals surface area contributed by atoms with Crippen molar-refractivity contribution >= 4 is 23.6 Å². The van der Waals surface area contributed by atoms with Crippen LogP contribution in [0.3, 0.4) is 0 Å². The van der Waals surface area contributed by atoms with E-state index in [0.29, 0.717) is 5.57 Å². The third kappa shape index (κ3) is 1.42. The number of allylic oxidation sites excluding steroid dienone is 1. The molecule has 0 aromatic heterocycles. The molecule has 0 spiro atoms. The molecule has 2 aromatic rings. The Hall–Kier alpha value is -2.61. The molecule has 2 aliphatic rings. The van der Waals surface area contributed by atoms with Gasteiger partial charge in [-0.05, 0) is 45.2 Å². The van der Waals surface area contributed by atoms with Crippen LogP contribution in [0.1, 0.15) is 11.1 Å². The summed E-state index contributed by atoms with van der Waals surface area (Å²) in [6.45, 7) is 0. The lowest BCUT2D eigenvalue weighted by Gasteiger charge is -2.15. The van der Waals surface area contributed by atoms with E-state index in [1.807, 2.05) is 18.2 Å². The number of hydrogen-bond donors (Lipinski definition) is 1. The zero-order valence-electron chi connectivity index (χ0n) is 10.9. The highest BCUT2D eigenvalue weighted by Gasteiger charge is 2.18. The van der Waals surface area contributed by atoms with Gasteiger partial charge < -0.3 is 5.73 Å². The number of rotatable bonds is 1. The molecule has 20 heavy (non-hydrogen) atoms. The minimum atomic E-state index is -0.365. The van der Waals surface area contributed by atoms with Crippen molar-refractivity contribution in [2.45, 2.75) is 6.42 Å². The number of fused-ring (bicyclic) bond motifs is 5. The number of amides is 1. The van der Waals surface area contributed by atoms with E-state index in [1.54, 1.807) is 0 Å². The zero-order valence-corrected chi connectivity index (χ0v) is 10.9. The van der Waals surface area contributed by atoms with Crippen LogP contribution in [0.4, 0.5) is 0 Å². The summed E-state index contributed by atoms with van der Waals surface area (Å²) < 4.78 is 0. The average Bonchev–Trinajstić information content (AvgIpc) is 2.91. The Bertz CT molecular complexity index is 904. The van der Waals surface area contributed by atoms with E-state index in [1.165, 1.54) is 21.9 Å². The number of primary amides is 1. The van der Waals surface area contributed by atoms with Crippen molar-refractivity contribution in [3.63, 3.8) is 0 Å². The van der Waals surface area contributed by atoms with E-state index in [4.69, 9.17) is 5.73 Å². The molecule has 0 unspecified atom stereocenters. The quantitative estimate of drug-likeness (QED) is 0.825. The van der Waals surface area contributed by atoms with Crippen molar-refractivity contribution in [2.75, 3.05) is 0 Å². The molecule has 2 heteroatoms. The van der Waals surface area contributed by atoms with Crippen molar-refractivity contribution in [2.24, 2.45) is 5.73 Å². The van der Waals surface area contributed by atoms with Crippen LogP contribution < -0.4 is 16.2 Å². The molecule has 2 aliphatic carbocycles. The van der Waals surface area contributed by atoms with Crippen LogP contribution in [0, 0.1) is 0 Å². The molecule has 0 heterocycles. The summed E-state index contributed by atoms with van der Waals surface area (Å²) in [4.78, 5) is 11.5. The van der Waals surface area contributed by atoms with Crippen LogP contribution in [0.25, 0.3) is 28.9 Å². The third-order valence-corrected chi connectivity index (χ3v) is 4.09. The Labute approximate surface area is 116 Å². The first-order valence-electron chi connectivity index (χ1n) is 6.69. The summed E-state index contributed by atoms with van der Waals surface area (Å²) in [5, 5.41) is 2.33. The van der Waals surface area contributed by atoms with Gasteiger partial charge in [0.2, 0.25) is 5.91 Å². The van der Waals surface area contributed by atoms with Gasteiger partial charge in [-0.3, -0.25) is 4.79 Å². The minimum absolute atomic E-state index is 0.365. The van der Waals surface area contributed by atoms with Gasteiger partial charge in [-0.1, -0.05) is 48.6 Å². The summed E-state index contributed by atoms with van der Waals surface area (Å²) >= 11 is 0. The molecule has 2 nitrogen and oxygen atoms in total. The molecular weight excluding hydrogens is 246 g/mol. The second-order valence-electron chi connectivity index (χ2n) is 5.16. The van der Waals surface area contributed by atoms with Crippen molar-refractivity contribution < 1.29 is 4.79 Å². The van der Waals surface area contributed by atoms with Crippen molar-refractivity contribution in [3.8, 4) is 11.1 Å². The number of benzene rings is 2. The van der Waals surface area contributed by atoms with Gasteiger partial charge in [0, 0.05) is 5.57 Å². The van der Waals surface area contributed by atoms with Gasteiger partial charge in [0.25, 0.3) is 0 Å². The maximum atomic E-state index is 11.5. The van der Waals surface area contributed by atoms with Crippen LogP contribution in [-0.2, 0) is 11.2 Å². The summed E-state index contributed by atoms with van der Waals surface area (Å²) in [6, 6.07) is 12.6. The smallest absolute Gasteiger partial charge is 0.249 e. The Morgan fingerprint density at radius 3 is 2.55 bits per heavy atom. The summed E-state index contributed by atoms with van der Waals surface area (Å²) in [6.07, 6.45) is 6.99. The van der Waals surface area contributed by atoms with Gasteiger partial charge in [-0.25, -0.2) is 0 Å². The molecule has 0 bridgehead atoms. The molecule has 4 rings (SSSR count). The second kappa shape index (κ2) is 3.94. The molecule has 0 radical (unpaired) electrons. The predicted octanol–water partition coefficient (Wildman–Crippen LogP) is 1.35. The highest BCUT2D eigenvalue weighted by atomic mass is 16.1. The van der Waals surface area contributed by atoms with Crippen LogP contribution >= 0.6 is 0 Å². The fraction of sp³-hybridized carbons (Fsp3) is 0.0556. The number of carbonyl (C=O) groups is 1. The summed E-state index contributed by atoms with van der Waals surface area (Å²) in [5.74, 6) is -0.365. The largest absolute Gasteiger partial charge is 0.366 e. The van der Waals surface area contributed by atoms with E-state index < -0.39 is 0 Å². The average molecular weight is 259 g/mol. The molecule has 96 valence electrons. The number of nitrogens with two attached hydrogens (primary N) is 1. The third-order valence-electron chi connectivity index (χ3n) is 4.09. The summed E-state index contributed by atoms with van der Waals surface area (Å²) in [7, 11) is 0. The van der Waals surface area contributed by atoms with E-state index in [0.717, 1.165) is 17.2 Å². The van der Waals surface area contributed by atoms with Gasteiger partial charge in [0.05, 0.1) is 0 Å². The standard InChI is InChI=1S/C18H13NO/c19-18(20)17-10-9-15-14-6-5-11-3-1-2-4-12(11)13(14)7-8-16(15)17/h1-4,6-10H,5H2,(H2,19,20). The van der Waals surface area contributed by atoms with Crippen molar-refractivity contribution in [3.05, 3.63) is 64.0 Å². The van der Waals surface area contributed by atoms with E-state index >= 15 is 0 Å².